The van der Waals surface area contributed by atoms with E-state index in [2.05, 4.69) is 26.0 Å². The molecule has 3 aromatic carbocycles. The fourth-order valence-corrected chi connectivity index (χ4v) is 5.44. The third-order valence-electron chi connectivity index (χ3n) is 4.69. The second-order valence-electron chi connectivity index (χ2n) is 6.38. The summed E-state index contributed by atoms with van der Waals surface area (Å²) in [5.41, 5.74) is 1.20. The molecule has 26 heavy (non-hydrogen) atoms. The zero-order valence-corrected chi connectivity index (χ0v) is 16.4. The summed E-state index contributed by atoms with van der Waals surface area (Å²) in [7, 11) is -1.29. The van der Waals surface area contributed by atoms with Gasteiger partial charge in [-0.05, 0) is 54.3 Å². The predicted octanol–water partition coefficient (Wildman–Crippen LogP) is 6.62. The second-order valence-corrected chi connectivity index (χ2v) is 8.88. The van der Waals surface area contributed by atoms with Crippen LogP contribution in [0.25, 0.3) is 0 Å². The van der Waals surface area contributed by atoms with Crippen LogP contribution < -0.4 is 4.74 Å². The molecule has 2 atom stereocenters. The zero-order valence-electron chi connectivity index (χ0n) is 14.8. The molecule has 0 fully saturated rings. The van der Waals surface area contributed by atoms with Crippen LogP contribution in [0.5, 0.6) is 11.5 Å². The molecule has 0 spiro atoms. The van der Waals surface area contributed by atoms with Crippen LogP contribution in [0, 0.1) is 0 Å². The Bertz CT molecular complexity index is 981. The van der Waals surface area contributed by atoms with Crippen molar-refractivity contribution in [2.45, 2.75) is 45.8 Å². The Hall–Kier alpha value is -2.04. The number of hydrogen-bond donors (Lipinski definition) is 0. The number of hydrogen-bond acceptors (Lipinski definition) is 3. The maximum absolute atomic E-state index is 13.5. The Morgan fingerprint density at radius 3 is 2.46 bits per heavy atom. The van der Waals surface area contributed by atoms with Gasteiger partial charge in [-0.3, -0.25) is 0 Å². The highest BCUT2D eigenvalue weighted by Crippen LogP contribution is 2.44. The predicted molar refractivity (Wildman–Crippen MR) is 107 cm³/mol. The summed E-state index contributed by atoms with van der Waals surface area (Å²) in [5.74, 6) is 1.88. The molecule has 1 heterocycles. The molecule has 1 aliphatic heterocycles. The molecule has 2 nitrogen and oxygen atoms in total. The van der Waals surface area contributed by atoms with E-state index in [0.717, 1.165) is 31.8 Å². The smallest absolute Gasteiger partial charge is 0.143 e. The number of para-hydroxylation sites is 1. The van der Waals surface area contributed by atoms with E-state index in [0.29, 0.717) is 11.7 Å². The second kappa shape index (κ2) is 7.29. The van der Waals surface area contributed by atoms with Crippen LogP contribution in [0.2, 0.25) is 0 Å². The van der Waals surface area contributed by atoms with Gasteiger partial charge in [0.2, 0.25) is 0 Å². The molecule has 4 rings (SSSR count). The van der Waals surface area contributed by atoms with E-state index in [1.165, 1.54) is 5.56 Å². The summed E-state index contributed by atoms with van der Waals surface area (Å²) in [6.45, 7) is 4.36. The average molecular weight is 381 g/mol. The molecule has 132 valence electrons. The monoisotopic (exact) mass is 380 g/mol. The van der Waals surface area contributed by atoms with Gasteiger partial charge in [0, 0.05) is 4.90 Å². The van der Waals surface area contributed by atoms with Crippen molar-refractivity contribution in [2.24, 2.45) is 0 Å². The molecule has 3 aromatic rings. The molecule has 0 saturated heterocycles. The lowest BCUT2D eigenvalue weighted by Gasteiger charge is -2.15. The van der Waals surface area contributed by atoms with Gasteiger partial charge < -0.3 is 4.74 Å². The van der Waals surface area contributed by atoms with Crippen LogP contribution in [0.1, 0.15) is 31.7 Å². The third-order valence-corrected chi connectivity index (χ3v) is 7.42. The Labute approximate surface area is 161 Å². The number of rotatable bonds is 2. The first kappa shape index (κ1) is 17.4. The van der Waals surface area contributed by atoms with Gasteiger partial charge >= 0.3 is 0 Å². The van der Waals surface area contributed by atoms with Gasteiger partial charge in [0.1, 0.15) is 11.5 Å². The zero-order chi connectivity index (χ0) is 18.1. The van der Waals surface area contributed by atoms with Crippen molar-refractivity contribution in [1.29, 1.82) is 0 Å². The van der Waals surface area contributed by atoms with E-state index in [4.69, 9.17) is 4.74 Å². The maximum atomic E-state index is 13.5. The summed E-state index contributed by atoms with van der Waals surface area (Å²) in [4.78, 5) is 3.60. The molecule has 0 aromatic heterocycles. The molecule has 0 N–H and O–H groups in total. The van der Waals surface area contributed by atoms with E-state index < -0.39 is 10.8 Å². The lowest BCUT2D eigenvalue weighted by molar-refractivity contribution is 0.458. The van der Waals surface area contributed by atoms with Crippen molar-refractivity contribution in [3.8, 4) is 11.5 Å². The van der Waals surface area contributed by atoms with E-state index in [1.807, 2.05) is 54.6 Å². The summed E-state index contributed by atoms with van der Waals surface area (Å²) in [6.07, 6.45) is 1.04. The fourth-order valence-electron chi connectivity index (χ4n) is 2.96. The highest BCUT2D eigenvalue weighted by molar-refractivity contribution is 8.00. The molecular formula is C22H20O2S2. The summed E-state index contributed by atoms with van der Waals surface area (Å²) < 4.78 is 19.7. The van der Waals surface area contributed by atoms with Crippen LogP contribution >= 0.6 is 11.8 Å². The van der Waals surface area contributed by atoms with Crippen molar-refractivity contribution in [2.75, 3.05) is 0 Å². The normalized spacial score (nSPS) is 16.8. The van der Waals surface area contributed by atoms with E-state index in [9.17, 15) is 4.21 Å². The van der Waals surface area contributed by atoms with E-state index in [-0.39, 0.29) is 0 Å². The highest BCUT2D eigenvalue weighted by Gasteiger charge is 2.22. The summed E-state index contributed by atoms with van der Waals surface area (Å²) >= 11 is 1.60. The van der Waals surface area contributed by atoms with Gasteiger partial charge in [-0.15, -0.1) is 0 Å². The first-order valence-electron chi connectivity index (χ1n) is 8.77. The van der Waals surface area contributed by atoms with Crippen molar-refractivity contribution in [3.63, 3.8) is 0 Å². The molecule has 1 aliphatic rings. The number of fused-ring (bicyclic) bond motifs is 3. The lowest BCUT2D eigenvalue weighted by Crippen LogP contribution is -2.00. The highest BCUT2D eigenvalue weighted by atomic mass is 32.2. The molecule has 4 heteroatoms. The molecule has 0 saturated carbocycles. The first-order chi connectivity index (χ1) is 12.7. The minimum absolute atomic E-state index is 0.418. The van der Waals surface area contributed by atoms with Gasteiger partial charge in [-0.1, -0.05) is 55.9 Å². The molecule has 0 bridgehead atoms. The van der Waals surface area contributed by atoms with Gasteiger partial charge in [0.05, 0.1) is 25.5 Å². The van der Waals surface area contributed by atoms with Crippen LogP contribution in [0.4, 0.5) is 0 Å². The van der Waals surface area contributed by atoms with Crippen LogP contribution in [0.3, 0.4) is 0 Å². The molecule has 0 amide bonds. The average Bonchev–Trinajstić information content (AvgIpc) is 2.73. The first-order valence-corrected chi connectivity index (χ1v) is 10.7. The summed E-state index contributed by atoms with van der Waals surface area (Å²) in [5, 5.41) is 0. The topological polar surface area (TPSA) is 26.3 Å². The fraction of sp³-hybridized carbons (Fsp3) is 0.182. The Balaban J connectivity index is 1.95. The number of ether oxygens (including phenoxy) is 1. The summed E-state index contributed by atoms with van der Waals surface area (Å²) in [6, 6.07) is 22.0. The van der Waals surface area contributed by atoms with Crippen molar-refractivity contribution >= 4 is 22.6 Å². The molecule has 0 radical (unpaired) electrons. The van der Waals surface area contributed by atoms with Crippen molar-refractivity contribution in [3.05, 3.63) is 72.3 Å². The van der Waals surface area contributed by atoms with Crippen LogP contribution in [-0.2, 0) is 10.8 Å². The quantitative estimate of drug-likeness (QED) is 0.391. The Kier molecular flexibility index (Phi) is 4.88. The SMILES string of the molecule is CCC(C)c1ccc2c(c1)S(=O)c1ccccc1Sc1ccccc1O2. The minimum Gasteiger partial charge on any atom is -0.455 e. The minimum atomic E-state index is -1.29. The van der Waals surface area contributed by atoms with Gasteiger partial charge in [0.25, 0.3) is 0 Å². The lowest BCUT2D eigenvalue weighted by atomic mass is 9.99. The Morgan fingerprint density at radius 1 is 0.923 bits per heavy atom. The van der Waals surface area contributed by atoms with Gasteiger partial charge in [-0.25, -0.2) is 4.21 Å². The van der Waals surface area contributed by atoms with Crippen LogP contribution in [0.15, 0.2) is 86.3 Å². The largest absolute Gasteiger partial charge is 0.455 e. The van der Waals surface area contributed by atoms with Crippen LogP contribution in [-0.4, -0.2) is 4.21 Å². The third kappa shape index (κ3) is 3.19. The van der Waals surface area contributed by atoms with Crippen molar-refractivity contribution < 1.29 is 8.95 Å². The van der Waals surface area contributed by atoms with Crippen molar-refractivity contribution in [1.82, 2.24) is 0 Å². The molecule has 2 unspecified atom stereocenters. The number of benzene rings is 3. The van der Waals surface area contributed by atoms with E-state index >= 15 is 0 Å². The molecular weight excluding hydrogens is 360 g/mol. The van der Waals surface area contributed by atoms with Gasteiger partial charge in [-0.2, -0.15) is 0 Å². The molecule has 0 aliphatic carbocycles. The Morgan fingerprint density at radius 2 is 1.65 bits per heavy atom. The standard InChI is InChI=1S/C22H20O2S2/c1-3-15(2)16-12-13-18-22(14-16)26(23)21-11-7-6-10-20(21)25-19-9-5-4-8-17(19)24-18/h4-15H,3H2,1-2H3. The maximum Gasteiger partial charge on any atom is 0.143 e. The van der Waals surface area contributed by atoms with Gasteiger partial charge in [0.15, 0.2) is 0 Å². The van der Waals surface area contributed by atoms with E-state index in [1.54, 1.807) is 11.8 Å².